The first-order chi connectivity index (χ1) is 12.5. The summed E-state index contributed by atoms with van der Waals surface area (Å²) in [6.45, 7) is 5.46. The van der Waals surface area contributed by atoms with Crippen molar-refractivity contribution in [2.24, 2.45) is 0 Å². The molecule has 2 heterocycles. The van der Waals surface area contributed by atoms with E-state index in [-0.39, 0.29) is 17.6 Å². The van der Waals surface area contributed by atoms with Gasteiger partial charge in [-0.05, 0) is 38.8 Å². The van der Waals surface area contributed by atoms with Gasteiger partial charge in [0.1, 0.15) is 0 Å². The topological polar surface area (TPSA) is 99.2 Å². The van der Waals surface area contributed by atoms with Crippen molar-refractivity contribution in [1.82, 2.24) is 25.1 Å². The smallest absolute Gasteiger partial charge is 0.326 e. The zero-order valence-corrected chi connectivity index (χ0v) is 15.1. The van der Waals surface area contributed by atoms with Gasteiger partial charge in [-0.1, -0.05) is 12.1 Å². The molecule has 3 rings (SSSR count). The van der Waals surface area contributed by atoms with Gasteiger partial charge >= 0.3 is 11.7 Å². The van der Waals surface area contributed by atoms with E-state index in [0.29, 0.717) is 19.6 Å². The molecule has 26 heavy (non-hydrogen) atoms. The number of H-pyrrole nitrogens is 1. The molecule has 0 spiro atoms. The van der Waals surface area contributed by atoms with Gasteiger partial charge in [0.15, 0.2) is 0 Å². The number of imide groups is 1. The highest BCUT2D eigenvalue weighted by molar-refractivity contribution is 5.96. The number of hydrogen-bond acceptors (Lipinski definition) is 4. The third-order valence-corrected chi connectivity index (χ3v) is 4.99. The Morgan fingerprint density at radius 2 is 1.96 bits per heavy atom. The number of urea groups is 1. The maximum absolute atomic E-state index is 12.3. The molecule has 1 aromatic carbocycles. The summed E-state index contributed by atoms with van der Waals surface area (Å²) < 4.78 is 1.83. The summed E-state index contributed by atoms with van der Waals surface area (Å²) in [6, 6.07) is 6.92. The summed E-state index contributed by atoms with van der Waals surface area (Å²) in [6.07, 6.45) is 1.56. The number of hydrogen-bond donors (Lipinski definition) is 3. The van der Waals surface area contributed by atoms with Gasteiger partial charge in [0, 0.05) is 25.7 Å². The van der Waals surface area contributed by atoms with E-state index in [1.807, 2.05) is 33.7 Å². The fraction of sp³-hybridized carbons (Fsp3) is 0.500. The summed E-state index contributed by atoms with van der Waals surface area (Å²) in [5.74, 6) is -0.307. The van der Waals surface area contributed by atoms with Gasteiger partial charge in [0.05, 0.1) is 17.1 Å². The number of rotatable bonds is 4. The van der Waals surface area contributed by atoms with Gasteiger partial charge < -0.3 is 10.3 Å². The standard InChI is InChI=1S/C18H25N5O3/c1-3-19-17(25)21-16(24)12(2)22-10-8-13(9-11-22)23-15-7-5-4-6-14(15)20-18(23)26/h4-7,12-13H,3,8-11H2,1-2H3,(H,20,26)(H2,19,21,24,25). The molecule has 1 saturated heterocycles. The Bertz CT molecular complexity index is 848. The molecule has 1 aliphatic heterocycles. The number of imidazole rings is 1. The maximum atomic E-state index is 12.3. The van der Waals surface area contributed by atoms with Crippen molar-refractivity contribution in [1.29, 1.82) is 0 Å². The van der Waals surface area contributed by atoms with Crippen molar-refractivity contribution >= 4 is 23.0 Å². The Balaban J connectivity index is 1.63. The largest absolute Gasteiger partial charge is 0.338 e. The van der Waals surface area contributed by atoms with Crippen LogP contribution >= 0.6 is 0 Å². The molecule has 1 aromatic heterocycles. The normalized spacial score (nSPS) is 17.2. The van der Waals surface area contributed by atoms with Crippen molar-refractivity contribution in [3.63, 3.8) is 0 Å². The molecule has 0 saturated carbocycles. The molecule has 1 aliphatic rings. The number of nitrogens with one attached hydrogen (secondary N) is 3. The van der Waals surface area contributed by atoms with E-state index < -0.39 is 12.1 Å². The first-order valence-electron chi connectivity index (χ1n) is 9.03. The lowest BCUT2D eigenvalue weighted by molar-refractivity contribution is -0.125. The van der Waals surface area contributed by atoms with Crippen LogP contribution in [0, 0.1) is 0 Å². The van der Waals surface area contributed by atoms with E-state index in [0.717, 1.165) is 23.9 Å². The molecule has 3 N–H and O–H groups in total. The van der Waals surface area contributed by atoms with Crippen LogP contribution in [0.5, 0.6) is 0 Å². The summed E-state index contributed by atoms with van der Waals surface area (Å²) >= 11 is 0. The van der Waals surface area contributed by atoms with E-state index >= 15 is 0 Å². The van der Waals surface area contributed by atoms with Gasteiger partial charge in [0.25, 0.3) is 0 Å². The number of piperidine rings is 1. The molecule has 1 unspecified atom stereocenters. The predicted octanol–water partition coefficient (Wildman–Crippen LogP) is 1.20. The fourth-order valence-electron chi connectivity index (χ4n) is 3.56. The third-order valence-electron chi connectivity index (χ3n) is 4.99. The molecule has 1 atom stereocenters. The Morgan fingerprint density at radius 3 is 2.65 bits per heavy atom. The van der Waals surface area contributed by atoms with Crippen LogP contribution < -0.4 is 16.3 Å². The molecule has 2 aromatic rings. The van der Waals surface area contributed by atoms with E-state index in [1.54, 1.807) is 13.8 Å². The van der Waals surface area contributed by atoms with Crippen LogP contribution in [0.15, 0.2) is 29.1 Å². The van der Waals surface area contributed by atoms with Gasteiger partial charge in [-0.2, -0.15) is 0 Å². The highest BCUT2D eigenvalue weighted by Gasteiger charge is 2.29. The number of aromatic amines is 1. The second kappa shape index (κ2) is 7.74. The van der Waals surface area contributed by atoms with E-state index in [1.165, 1.54) is 0 Å². The number of amides is 3. The number of benzene rings is 1. The monoisotopic (exact) mass is 359 g/mol. The van der Waals surface area contributed by atoms with Crippen molar-refractivity contribution < 1.29 is 9.59 Å². The summed E-state index contributed by atoms with van der Waals surface area (Å²) in [7, 11) is 0. The minimum absolute atomic E-state index is 0.0910. The Hall–Kier alpha value is -2.61. The van der Waals surface area contributed by atoms with Crippen LogP contribution in [-0.2, 0) is 4.79 Å². The molecule has 8 nitrogen and oxygen atoms in total. The van der Waals surface area contributed by atoms with Crippen molar-refractivity contribution in [3.8, 4) is 0 Å². The van der Waals surface area contributed by atoms with Crippen LogP contribution in [0.3, 0.4) is 0 Å². The number of carbonyl (C=O) groups excluding carboxylic acids is 2. The summed E-state index contributed by atoms with van der Waals surface area (Å²) in [5, 5.41) is 4.91. The fourth-order valence-corrected chi connectivity index (χ4v) is 3.56. The third kappa shape index (κ3) is 3.65. The molecule has 3 amide bonds. The van der Waals surface area contributed by atoms with Crippen LogP contribution in [0.4, 0.5) is 4.79 Å². The Kier molecular flexibility index (Phi) is 5.41. The lowest BCUT2D eigenvalue weighted by Gasteiger charge is -2.35. The highest BCUT2D eigenvalue weighted by Crippen LogP contribution is 2.25. The number of para-hydroxylation sites is 2. The van der Waals surface area contributed by atoms with Crippen LogP contribution in [0.2, 0.25) is 0 Å². The number of fused-ring (bicyclic) bond motifs is 1. The predicted molar refractivity (Wildman–Crippen MR) is 99.1 cm³/mol. The SMILES string of the molecule is CCNC(=O)NC(=O)C(C)N1CCC(n2c(=O)[nH]c3ccccc32)CC1. The molecule has 0 aliphatic carbocycles. The van der Waals surface area contributed by atoms with Gasteiger partial charge in [-0.25, -0.2) is 9.59 Å². The number of aromatic nitrogens is 2. The quantitative estimate of drug-likeness (QED) is 0.764. The van der Waals surface area contributed by atoms with Gasteiger partial charge in [0.2, 0.25) is 5.91 Å². The molecule has 1 fully saturated rings. The lowest BCUT2D eigenvalue weighted by Crippen LogP contribution is -2.51. The van der Waals surface area contributed by atoms with Gasteiger partial charge in [-0.3, -0.25) is 19.6 Å². The second-order valence-corrected chi connectivity index (χ2v) is 6.61. The zero-order valence-electron chi connectivity index (χ0n) is 15.1. The van der Waals surface area contributed by atoms with Gasteiger partial charge in [-0.15, -0.1) is 0 Å². The zero-order chi connectivity index (χ0) is 18.7. The molecular weight excluding hydrogens is 334 g/mol. The van der Waals surface area contributed by atoms with E-state index in [2.05, 4.69) is 15.6 Å². The lowest BCUT2D eigenvalue weighted by atomic mass is 10.0. The van der Waals surface area contributed by atoms with Crippen molar-refractivity contribution in [2.75, 3.05) is 19.6 Å². The van der Waals surface area contributed by atoms with Crippen molar-refractivity contribution in [2.45, 2.75) is 38.8 Å². The molecule has 140 valence electrons. The second-order valence-electron chi connectivity index (χ2n) is 6.61. The Morgan fingerprint density at radius 1 is 1.27 bits per heavy atom. The maximum Gasteiger partial charge on any atom is 0.326 e. The highest BCUT2D eigenvalue weighted by atomic mass is 16.2. The summed E-state index contributed by atoms with van der Waals surface area (Å²) in [5.41, 5.74) is 1.67. The number of carbonyl (C=O) groups is 2. The van der Waals surface area contributed by atoms with E-state index in [4.69, 9.17) is 0 Å². The average Bonchev–Trinajstić information content (AvgIpc) is 2.97. The Labute approximate surface area is 151 Å². The molecule has 0 radical (unpaired) electrons. The van der Waals surface area contributed by atoms with Crippen LogP contribution in [0.25, 0.3) is 11.0 Å². The average molecular weight is 359 g/mol. The molecule has 8 heteroatoms. The molecular formula is C18H25N5O3. The minimum atomic E-state index is -0.468. The minimum Gasteiger partial charge on any atom is -0.338 e. The first kappa shape index (κ1) is 18.2. The molecule has 0 bridgehead atoms. The number of likely N-dealkylation sites (tertiary alicyclic amines) is 1. The van der Waals surface area contributed by atoms with Crippen molar-refractivity contribution in [3.05, 3.63) is 34.7 Å². The summed E-state index contributed by atoms with van der Waals surface area (Å²) in [4.78, 5) is 41.0. The van der Waals surface area contributed by atoms with Crippen LogP contribution in [-0.4, -0.2) is 52.1 Å². The first-order valence-corrected chi connectivity index (χ1v) is 9.03. The van der Waals surface area contributed by atoms with Crippen LogP contribution in [0.1, 0.15) is 32.7 Å². The van der Waals surface area contributed by atoms with E-state index in [9.17, 15) is 14.4 Å². The number of nitrogens with zero attached hydrogens (tertiary/aromatic N) is 2.